The average Bonchev–Trinajstić information content (AvgIpc) is 3.43. The van der Waals surface area contributed by atoms with Gasteiger partial charge in [0.1, 0.15) is 0 Å². The Labute approximate surface area is 148 Å². The molecule has 2 unspecified atom stereocenters. The molecule has 2 nitrogen and oxygen atoms in total. The topological polar surface area (TPSA) is 15.3 Å². The maximum atomic E-state index is 3.85. The zero-order valence-electron chi connectivity index (χ0n) is 15.1. The lowest BCUT2D eigenvalue weighted by Gasteiger charge is -2.35. The van der Waals surface area contributed by atoms with Crippen LogP contribution in [0.5, 0.6) is 0 Å². The van der Waals surface area contributed by atoms with Crippen molar-refractivity contribution in [2.24, 2.45) is 11.8 Å². The molecule has 2 aliphatic carbocycles. The van der Waals surface area contributed by atoms with Crippen LogP contribution in [-0.4, -0.2) is 37.1 Å². The lowest BCUT2D eigenvalue weighted by molar-refractivity contribution is 0.144. The van der Waals surface area contributed by atoms with Gasteiger partial charge in [-0.2, -0.15) is 0 Å². The molecular formula is C22H34N2. The van der Waals surface area contributed by atoms with Gasteiger partial charge < -0.3 is 10.2 Å². The van der Waals surface area contributed by atoms with Crippen molar-refractivity contribution in [3.63, 3.8) is 0 Å². The van der Waals surface area contributed by atoms with Gasteiger partial charge in [-0.15, -0.1) is 0 Å². The lowest BCUT2D eigenvalue weighted by atomic mass is 9.88. The highest BCUT2D eigenvalue weighted by Crippen LogP contribution is 2.40. The van der Waals surface area contributed by atoms with Gasteiger partial charge in [-0.05, 0) is 69.1 Å². The summed E-state index contributed by atoms with van der Waals surface area (Å²) in [5.74, 6) is 2.69. The molecule has 1 heterocycles. The van der Waals surface area contributed by atoms with Gasteiger partial charge in [-0.1, -0.05) is 49.6 Å². The van der Waals surface area contributed by atoms with Crippen LogP contribution in [-0.2, 0) is 0 Å². The third-order valence-corrected chi connectivity index (χ3v) is 6.64. The lowest BCUT2D eigenvalue weighted by Crippen LogP contribution is -2.40. The number of hydrogen-bond donors (Lipinski definition) is 1. The minimum atomic E-state index is 0.743. The first-order chi connectivity index (χ1) is 11.9. The van der Waals surface area contributed by atoms with E-state index in [9.17, 15) is 0 Å². The number of piperidine rings is 1. The Bertz CT molecular complexity index is 486. The second-order valence-corrected chi connectivity index (χ2v) is 8.52. The third kappa shape index (κ3) is 4.40. The second-order valence-electron chi connectivity index (χ2n) is 8.52. The molecule has 2 atom stereocenters. The number of nitrogens with one attached hydrogen (secondary N) is 1. The summed E-state index contributed by atoms with van der Waals surface area (Å²) in [6.07, 6.45) is 11.6. The Hall–Kier alpha value is -0.860. The van der Waals surface area contributed by atoms with E-state index in [-0.39, 0.29) is 0 Å². The average molecular weight is 327 g/mol. The number of hydrogen-bond acceptors (Lipinski definition) is 2. The van der Waals surface area contributed by atoms with Crippen molar-refractivity contribution < 1.29 is 0 Å². The quantitative estimate of drug-likeness (QED) is 0.832. The number of likely N-dealkylation sites (tertiary alicyclic amines) is 1. The van der Waals surface area contributed by atoms with Crippen LogP contribution >= 0.6 is 0 Å². The van der Waals surface area contributed by atoms with Crippen LogP contribution in [0.3, 0.4) is 0 Å². The van der Waals surface area contributed by atoms with Gasteiger partial charge >= 0.3 is 0 Å². The van der Waals surface area contributed by atoms with Gasteiger partial charge in [0.05, 0.1) is 0 Å². The Morgan fingerprint density at radius 1 is 0.875 bits per heavy atom. The zero-order valence-corrected chi connectivity index (χ0v) is 15.1. The fourth-order valence-electron chi connectivity index (χ4n) is 4.92. The van der Waals surface area contributed by atoms with Crippen LogP contribution in [0.1, 0.15) is 62.8 Å². The van der Waals surface area contributed by atoms with Crippen LogP contribution in [0.2, 0.25) is 0 Å². The molecule has 4 rings (SSSR count). The highest BCUT2D eigenvalue weighted by atomic mass is 15.1. The summed E-state index contributed by atoms with van der Waals surface area (Å²) in [5, 5.41) is 3.85. The summed E-state index contributed by atoms with van der Waals surface area (Å²) in [6.45, 7) is 5.31. The minimum Gasteiger partial charge on any atom is -0.313 e. The molecule has 132 valence electrons. The van der Waals surface area contributed by atoms with E-state index in [0.717, 1.165) is 23.8 Å². The summed E-state index contributed by atoms with van der Waals surface area (Å²) in [5.41, 5.74) is 1.53. The normalized spacial score (nSPS) is 29.7. The first kappa shape index (κ1) is 16.6. The molecule has 3 aliphatic rings. The smallest absolute Gasteiger partial charge is 0.0143 e. The molecule has 0 bridgehead atoms. The molecular weight excluding hydrogens is 292 g/mol. The first-order valence-electron chi connectivity index (χ1n) is 10.4. The zero-order chi connectivity index (χ0) is 16.2. The summed E-state index contributed by atoms with van der Waals surface area (Å²) in [7, 11) is 0. The molecule has 3 fully saturated rings. The molecule has 0 aromatic heterocycles. The Kier molecular flexibility index (Phi) is 5.54. The Morgan fingerprint density at radius 2 is 1.62 bits per heavy atom. The van der Waals surface area contributed by atoms with Gasteiger partial charge in [0.25, 0.3) is 0 Å². The molecule has 1 aliphatic heterocycles. The Balaban J connectivity index is 1.13. The fraction of sp³-hybridized carbons (Fsp3) is 0.727. The SMILES string of the molecule is c1ccc(C2CC2NCC2CCN(CC3CCCCC3)CC2)cc1. The molecule has 2 heteroatoms. The number of benzene rings is 1. The van der Waals surface area contributed by atoms with Gasteiger partial charge in [0, 0.05) is 18.5 Å². The monoisotopic (exact) mass is 326 g/mol. The van der Waals surface area contributed by atoms with E-state index in [1.807, 2.05) is 0 Å². The van der Waals surface area contributed by atoms with E-state index in [1.54, 1.807) is 0 Å². The highest BCUT2D eigenvalue weighted by molar-refractivity contribution is 5.27. The van der Waals surface area contributed by atoms with Crippen molar-refractivity contribution in [3.05, 3.63) is 35.9 Å². The Morgan fingerprint density at radius 3 is 2.38 bits per heavy atom. The minimum absolute atomic E-state index is 0.743. The van der Waals surface area contributed by atoms with E-state index in [2.05, 4.69) is 40.5 Å². The highest BCUT2D eigenvalue weighted by Gasteiger charge is 2.38. The van der Waals surface area contributed by atoms with Crippen molar-refractivity contribution in [1.29, 1.82) is 0 Å². The van der Waals surface area contributed by atoms with E-state index in [1.165, 1.54) is 83.1 Å². The molecule has 2 saturated carbocycles. The van der Waals surface area contributed by atoms with Crippen LogP contribution in [0.4, 0.5) is 0 Å². The van der Waals surface area contributed by atoms with Gasteiger partial charge in [-0.3, -0.25) is 0 Å². The van der Waals surface area contributed by atoms with Gasteiger partial charge in [0.2, 0.25) is 0 Å². The predicted octanol–water partition coefficient (Wildman–Crippen LogP) is 4.42. The van der Waals surface area contributed by atoms with E-state index < -0.39 is 0 Å². The maximum Gasteiger partial charge on any atom is 0.0143 e. The standard InChI is InChI=1S/C22H34N2/c1-3-7-19(8-4-1)17-24-13-11-18(12-14-24)16-23-22-15-21(22)20-9-5-2-6-10-20/h2,5-6,9-10,18-19,21-23H,1,3-4,7-8,11-17H2. The van der Waals surface area contributed by atoms with Gasteiger partial charge in [-0.25, -0.2) is 0 Å². The van der Waals surface area contributed by atoms with Crippen molar-refractivity contribution >= 4 is 0 Å². The molecule has 1 saturated heterocycles. The molecule has 1 aromatic rings. The fourth-order valence-corrected chi connectivity index (χ4v) is 4.92. The molecule has 1 aromatic carbocycles. The predicted molar refractivity (Wildman–Crippen MR) is 101 cm³/mol. The number of nitrogens with zero attached hydrogens (tertiary/aromatic N) is 1. The molecule has 24 heavy (non-hydrogen) atoms. The number of rotatable bonds is 6. The van der Waals surface area contributed by atoms with Crippen LogP contribution < -0.4 is 5.32 Å². The summed E-state index contributed by atoms with van der Waals surface area (Å²) in [4.78, 5) is 2.76. The molecule has 0 radical (unpaired) electrons. The van der Waals surface area contributed by atoms with Crippen molar-refractivity contribution in [2.75, 3.05) is 26.2 Å². The summed E-state index contributed by atoms with van der Waals surface area (Å²) >= 11 is 0. The summed E-state index contributed by atoms with van der Waals surface area (Å²) < 4.78 is 0. The summed E-state index contributed by atoms with van der Waals surface area (Å²) in [6, 6.07) is 11.8. The van der Waals surface area contributed by atoms with Crippen LogP contribution in [0.25, 0.3) is 0 Å². The largest absolute Gasteiger partial charge is 0.313 e. The van der Waals surface area contributed by atoms with E-state index in [4.69, 9.17) is 0 Å². The van der Waals surface area contributed by atoms with E-state index >= 15 is 0 Å². The maximum absolute atomic E-state index is 3.85. The molecule has 1 N–H and O–H groups in total. The van der Waals surface area contributed by atoms with Crippen molar-refractivity contribution in [1.82, 2.24) is 10.2 Å². The van der Waals surface area contributed by atoms with Crippen LogP contribution in [0, 0.1) is 11.8 Å². The van der Waals surface area contributed by atoms with Gasteiger partial charge in [0.15, 0.2) is 0 Å². The van der Waals surface area contributed by atoms with Crippen molar-refractivity contribution in [3.8, 4) is 0 Å². The molecule has 0 spiro atoms. The second kappa shape index (κ2) is 8.01. The van der Waals surface area contributed by atoms with E-state index in [0.29, 0.717) is 0 Å². The van der Waals surface area contributed by atoms with Crippen LogP contribution in [0.15, 0.2) is 30.3 Å². The molecule has 0 amide bonds. The third-order valence-electron chi connectivity index (χ3n) is 6.64. The first-order valence-corrected chi connectivity index (χ1v) is 10.4. The van der Waals surface area contributed by atoms with Crippen molar-refractivity contribution in [2.45, 2.75) is 63.3 Å².